The number of amides is 1. The quantitative estimate of drug-likeness (QED) is 0.681. The van der Waals surface area contributed by atoms with Crippen LogP contribution >= 0.6 is 11.3 Å². The number of nitrogens with two attached hydrogens (primary N) is 1. The van der Waals surface area contributed by atoms with Gasteiger partial charge in [0.2, 0.25) is 0 Å². The molecule has 110 valence electrons. The number of hydrogen-bond acceptors (Lipinski definition) is 5. The number of nitrogens with zero attached hydrogens (tertiary/aromatic N) is 2. The third kappa shape index (κ3) is 2.74. The molecule has 0 bridgehead atoms. The molecule has 2 N–H and O–H groups in total. The Balaban J connectivity index is 1.86. The maximum Gasteiger partial charge on any atom is 0.270 e. The van der Waals surface area contributed by atoms with E-state index in [0.717, 1.165) is 22.9 Å². The minimum absolute atomic E-state index is 0.00856. The molecule has 1 amide bonds. The number of likely N-dealkylation sites (tertiary alicyclic amines) is 1. The Kier molecular flexibility index (Phi) is 3.60. The van der Waals surface area contributed by atoms with Crippen LogP contribution in [0.2, 0.25) is 0 Å². The van der Waals surface area contributed by atoms with Crippen LogP contribution in [0.4, 0.5) is 5.69 Å². The SMILES string of the molecule is NC1CCN(C(=O)c2cc3cc([N+](=O)[O-])ccc3s2)CC1. The number of thiophene rings is 1. The molecule has 0 saturated carbocycles. The highest BCUT2D eigenvalue weighted by atomic mass is 32.1. The van der Waals surface area contributed by atoms with Gasteiger partial charge in [0.25, 0.3) is 11.6 Å². The zero-order chi connectivity index (χ0) is 15.0. The fourth-order valence-electron chi connectivity index (χ4n) is 2.51. The van der Waals surface area contributed by atoms with Crippen molar-refractivity contribution >= 4 is 33.0 Å². The van der Waals surface area contributed by atoms with Gasteiger partial charge in [0, 0.05) is 41.4 Å². The molecular formula is C14H15N3O3S. The Morgan fingerprint density at radius 1 is 1.33 bits per heavy atom. The Morgan fingerprint density at radius 3 is 2.71 bits per heavy atom. The fraction of sp³-hybridized carbons (Fsp3) is 0.357. The number of rotatable bonds is 2. The number of hydrogen-bond donors (Lipinski definition) is 1. The number of nitro benzene ring substituents is 1. The molecule has 1 aromatic carbocycles. The smallest absolute Gasteiger partial charge is 0.270 e. The second-order valence-corrected chi connectivity index (χ2v) is 6.30. The molecule has 1 aliphatic heterocycles. The Labute approximate surface area is 125 Å². The molecule has 21 heavy (non-hydrogen) atoms. The number of benzene rings is 1. The summed E-state index contributed by atoms with van der Waals surface area (Å²) < 4.78 is 0.887. The van der Waals surface area contributed by atoms with Gasteiger partial charge >= 0.3 is 0 Å². The number of nitro groups is 1. The summed E-state index contributed by atoms with van der Waals surface area (Å²) in [6.45, 7) is 1.35. The van der Waals surface area contributed by atoms with E-state index < -0.39 is 4.92 Å². The average Bonchev–Trinajstić information content (AvgIpc) is 2.90. The zero-order valence-electron chi connectivity index (χ0n) is 11.3. The van der Waals surface area contributed by atoms with Crippen LogP contribution < -0.4 is 5.73 Å². The van der Waals surface area contributed by atoms with Gasteiger partial charge in [0.1, 0.15) is 0 Å². The molecule has 1 fully saturated rings. The molecule has 0 spiro atoms. The van der Waals surface area contributed by atoms with Gasteiger partial charge < -0.3 is 10.6 Å². The van der Waals surface area contributed by atoms with Gasteiger partial charge in [-0.05, 0) is 25.0 Å². The molecule has 0 radical (unpaired) electrons. The van der Waals surface area contributed by atoms with Crippen LogP contribution in [0.5, 0.6) is 0 Å². The molecule has 6 nitrogen and oxygen atoms in total. The predicted molar refractivity (Wildman–Crippen MR) is 81.6 cm³/mol. The van der Waals surface area contributed by atoms with Crippen LogP contribution in [0.3, 0.4) is 0 Å². The molecule has 0 aliphatic carbocycles. The van der Waals surface area contributed by atoms with Gasteiger partial charge in [-0.15, -0.1) is 11.3 Å². The van der Waals surface area contributed by atoms with E-state index in [4.69, 9.17) is 5.73 Å². The second kappa shape index (κ2) is 5.42. The number of carbonyl (C=O) groups excluding carboxylic acids is 1. The van der Waals surface area contributed by atoms with Crippen molar-refractivity contribution in [3.05, 3.63) is 39.3 Å². The predicted octanol–water partition coefficient (Wildman–Crippen LogP) is 2.37. The first-order valence-corrected chi connectivity index (χ1v) is 7.59. The molecule has 7 heteroatoms. The van der Waals surface area contributed by atoms with E-state index in [-0.39, 0.29) is 17.6 Å². The monoisotopic (exact) mass is 305 g/mol. The molecular weight excluding hydrogens is 290 g/mol. The van der Waals surface area contributed by atoms with Crippen molar-refractivity contribution in [3.63, 3.8) is 0 Å². The van der Waals surface area contributed by atoms with Crippen LogP contribution in [0.15, 0.2) is 24.3 Å². The Bertz CT molecular complexity index is 705. The highest BCUT2D eigenvalue weighted by Gasteiger charge is 2.23. The van der Waals surface area contributed by atoms with E-state index in [1.54, 1.807) is 12.1 Å². The van der Waals surface area contributed by atoms with E-state index in [1.807, 2.05) is 4.90 Å². The summed E-state index contributed by atoms with van der Waals surface area (Å²) in [6.07, 6.45) is 1.64. The van der Waals surface area contributed by atoms with Gasteiger partial charge in [-0.1, -0.05) is 0 Å². The van der Waals surface area contributed by atoms with Crippen molar-refractivity contribution in [2.75, 3.05) is 13.1 Å². The maximum absolute atomic E-state index is 12.5. The van der Waals surface area contributed by atoms with Gasteiger partial charge in [-0.2, -0.15) is 0 Å². The largest absolute Gasteiger partial charge is 0.338 e. The van der Waals surface area contributed by atoms with Gasteiger partial charge in [0.05, 0.1) is 9.80 Å². The van der Waals surface area contributed by atoms with Crippen LogP contribution in [-0.2, 0) is 0 Å². The van der Waals surface area contributed by atoms with Crippen LogP contribution in [0.1, 0.15) is 22.5 Å². The first kappa shape index (κ1) is 14.0. The van der Waals surface area contributed by atoms with Crippen molar-refractivity contribution in [2.24, 2.45) is 5.73 Å². The lowest BCUT2D eigenvalue weighted by Crippen LogP contribution is -2.42. The lowest BCUT2D eigenvalue weighted by atomic mass is 10.1. The van der Waals surface area contributed by atoms with Crippen LogP contribution in [0, 0.1) is 10.1 Å². The zero-order valence-corrected chi connectivity index (χ0v) is 12.1. The van der Waals surface area contributed by atoms with Crippen molar-refractivity contribution in [2.45, 2.75) is 18.9 Å². The summed E-state index contributed by atoms with van der Waals surface area (Å²) in [5.41, 5.74) is 5.89. The second-order valence-electron chi connectivity index (χ2n) is 5.22. The topological polar surface area (TPSA) is 89.5 Å². The molecule has 2 heterocycles. The average molecular weight is 305 g/mol. The summed E-state index contributed by atoms with van der Waals surface area (Å²) in [5, 5.41) is 11.5. The number of carbonyl (C=O) groups is 1. The van der Waals surface area contributed by atoms with Gasteiger partial charge in [-0.25, -0.2) is 0 Å². The van der Waals surface area contributed by atoms with Crippen LogP contribution in [-0.4, -0.2) is 34.9 Å². The lowest BCUT2D eigenvalue weighted by molar-refractivity contribution is -0.384. The van der Waals surface area contributed by atoms with E-state index in [0.29, 0.717) is 18.0 Å². The van der Waals surface area contributed by atoms with E-state index in [9.17, 15) is 14.9 Å². The number of piperidine rings is 1. The minimum Gasteiger partial charge on any atom is -0.338 e. The summed E-state index contributed by atoms with van der Waals surface area (Å²) in [7, 11) is 0. The molecule has 1 aliphatic rings. The normalized spacial score (nSPS) is 16.3. The fourth-order valence-corrected chi connectivity index (χ4v) is 3.52. The molecule has 0 atom stereocenters. The molecule has 1 aromatic heterocycles. The van der Waals surface area contributed by atoms with E-state index in [1.165, 1.54) is 23.5 Å². The maximum atomic E-state index is 12.5. The Morgan fingerprint density at radius 2 is 2.05 bits per heavy atom. The molecule has 1 saturated heterocycles. The highest BCUT2D eigenvalue weighted by Crippen LogP contribution is 2.30. The first-order chi connectivity index (χ1) is 10.0. The van der Waals surface area contributed by atoms with Gasteiger partial charge in [-0.3, -0.25) is 14.9 Å². The van der Waals surface area contributed by atoms with Crippen molar-refractivity contribution in [1.29, 1.82) is 0 Å². The first-order valence-electron chi connectivity index (χ1n) is 6.77. The van der Waals surface area contributed by atoms with E-state index in [2.05, 4.69) is 0 Å². The molecule has 3 rings (SSSR count). The van der Waals surface area contributed by atoms with Crippen LogP contribution in [0.25, 0.3) is 10.1 Å². The summed E-state index contributed by atoms with van der Waals surface area (Å²) in [4.78, 5) is 25.2. The third-order valence-corrected chi connectivity index (χ3v) is 4.85. The Hall–Kier alpha value is -1.99. The summed E-state index contributed by atoms with van der Waals surface area (Å²) >= 11 is 1.38. The molecule has 2 aromatic rings. The lowest BCUT2D eigenvalue weighted by Gasteiger charge is -2.29. The highest BCUT2D eigenvalue weighted by molar-refractivity contribution is 7.20. The third-order valence-electron chi connectivity index (χ3n) is 3.75. The van der Waals surface area contributed by atoms with Gasteiger partial charge in [0.15, 0.2) is 0 Å². The van der Waals surface area contributed by atoms with Crippen molar-refractivity contribution < 1.29 is 9.72 Å². The van der Waals surface area contributed by atoms with Crippen molar-refractivity contribution in [3.8, 4) is 0 Å². The summed E-state index contributed by atoms with van der Waals surface area (Å²) in [6, 6.07) is 6.59. The molecule has 0 unspecified atom stereocenters. The minimum atomic E-state index is -0.426. The standard InChI is InChI=1S/C14H15N3O3S/c15-10-3-5-16(6-4-10)14(18)13-8-9-7-11(17(19)20)1-2-12(9)21-13/h1-2,7-8,10H,3-6,15H2. The van der Waals surface area contributed by atoms with Crippen molar-refractivity contribution in [1.82, 2.24) is 4.90 Å². The summed E-state index contributed by atoms with van der Waals surface area (Å²) in [5.74, 6) is -0.00856. The number of non-ortho nitro benzene ring substituents is 1. The number of fused-ring (bicyclic) bond motifs is 1. The van der Waals surface area contributed by atoms with E-state index >= 15 is 0 Å².